The minimum absolute atomic E-state index is 0.0489. The first-order valence-electron chi connectivity index (χ1n) is 7.26. The van der Waals surface area contributed by atoms with Gasteiger partial charge >= 0.3 is 0 Å². The summed E-state index contributed by atoms with van der Waals surface area (Å²) in [7, 11) is 0. The SMILES string of the molecule is CC(=O)Nc1ccc(NCc2cncn2C2CC2)cc1C. The lowest BCUT2D eigenvalue weighted by Crippen LogP contribution is -2.08. The van der Waals surface area contributed by atoms with Gasteiger partial charge in [-0.1, -0.05) is 0 Å². The van der Waals surface area contributed by atoms with Gasteiger partial charge in [-0.25, -0.2) is 4.98 Å². The van der Waals surface area contributed by atoms with E-state index in [2.05, 4.69) is 20.2 Å². The van der Waals surface area contributed by atoms with E-state index in [0.717, 1.165) is 23.5 Å². The van der Waals surface area contributed by atoms with Crippen molar-refractivity contribution in [3.05, 3.63) is 42.0 Å². The predicted molar refractivity (Wildman–Crippen MR) is 83.3 cm³/mol. The van der Waals surface area contributed by atoms with Crippen molar-refractivity contribution in [1.82, 2.24) is 9.55 Å². The lowest BCUT2D eigenvalue weighted by molar-refractivity contribution is -0.114. The van der Waals surface area contributed by atoms with E-state index in [1.807, 2.05) is 37.6 Å². The van der Waals surface area contributed by atoms with E-state index in [1.54, 1.807) is 0 Å². The highest BCUT2D eigenvalue weighted by Gasteiger charge is 2.24. The Morgan fingerprint density at radius 3 is 2.90 bits per heavy atom. The summed E-state index contributed by atoms with van der Waals surface area (Å²) in [6.45, 7) is 4.27. The number of carbonyl (C=O) groups excluding carboxylic acids is 1. The van der Waals surface area contributed by atoms with Gasteiger partial charge in [0, 0.05) is 30.5 Å². The van der Waals surface area contributed by atoms with Gasteiger partial charge in [0.1, 0.15) is 0 Å². The molecular weight excluding hydrogens is 264 g/mol. The van der Waals surface area contributed by atoms with Crippen molar-refractivity contribution >= 4 is 17.3 Å². The maximum Gasteiger partial charge on any atom is 0.221 e. The van der Waals surface area contributed by atoms with E-state index in [1.165, 1.54) is 25.5 Å². The van der Waals surface area contributed by atoms with Gasteiger partial charge in [-0.3, -0.25) is 4.79 Å². The van der Waals surface area contributed by atoms with E-state index < -0.39 is 0 Å². The van der Waals surface area contributed by atoms with Crippen molar-refractivity contribution in [2.24, 2.45) is 0 Å². The van der Waals surface area contributed by atoms with Gasteiger partial charge in [-0.05, 0) is 43.5 Å². The molecule has 2 aromatic rings. The molecule has 0 spiro atoms. The van der Waals surface area contributed by atoms with Gasteiger partial charge in [0.05, 0.1) is 18.6 Å². The highest BCUT2D eigenvalue weighted by molar-refractivity contribution is 5.89. The summed E-state index contributed by atoms with van der Waals surface area (Å²) in [6.07, 6.45) is 6.35. The van der Waals surface area contributed by atoms with Gasteiger partial charge < -0.3 is 15.2 Å². The highest BCUT2D eigenvalue weighted by atomic mass is 16.1. The minimum Gasteiger partial charge on any atom is -0.379 e. The summed E-state index contributed by atoms with van der Waals surface area (Å²) < 4.78 is 2.26. The number of imidazole rings is 1. The van der Waals surface area contributed by atoms with Gasteiger partial charge in [-0.15, -0.1) is 0 Å². The molecule has 21 heavy (non-hydrogen) atoms. The minimum atomic E-state index is -0.0489. The number of rotatable bonds is 5. The zero-order valence-corrected chi connectivity index (χ0v) is 12.4. The Morgan fingerprint density at radius 1 is 1.43 bits per heavy atom. The molecule has 0 aliphatic heterocycles. The highest BCUT2D eigenvalue weighted by Crippen LogP contribution is 2.35. The zero-order valence-electron chi connectivity index (χ0n) is 12.4. The molecule has 1 saturated carbocycles. The second-order valence-electron chi connectivity index (χ2n) is 5.59. The molecule has 110 valence electrons. The topological polar surface area (TPSA) is 59.0 Å². The maximum absolute atomic E-state index is 11.1. The number of nitrogens with one attached hydrogen (secondary N) is 2. The summed E-state index contributed by atoms with van der Waals surface area (Å²) in [4.78, 5) is 15.3. The van der Waals surface area contributed by atoms with E-state index in [9.17, 15) is 4.79 Å². The van der Waals surface area contributed by atoms with Crippen LogP contribution in [0.3, 0.4) is 0 Å². The quantitative estimate of drug-likeness (QED) is 0.887. The average Bonchev–Trinajstić information content (AvgIpc) is 3.18. The Morgan fingerprint density at radius 2 is 2.24 bits per heavy atom. The molecule has 0 atom stereocenters. The van der Waals surface area contributed by atoms with Crippen LogP contribution >= 0.6 is 0 Å². The van der Waals surface area contributed by atoms with Crippen molar-refractivity contribution in [3.8, 4) is 0 Å². The van der Waals surface area contributed by atoms with E-state index in [0.29, 0.717) is 6.04 Å². The van der Waals surface area contributed by atoms with Crippen molar-refractivity contribution in [3.63, 3.8) is 0 Å². The van der Waals surface area contributed by atoms with Gasteiger partial charge in [0.2, 0.25) is 5.91 Å². The van der Waals surface area contributed by atoms with Gasteiger partial charge in [0.25, 0.3) is 0 Å². The zero-order chi connectivity index (χ0) is 14.8. The normalized spacial score (nSPS) is 14.0. The lowest BCUT2D eigenvalue weighted by atomic mass is 10.1. The molecular formula is C16H20N4O. The summed E-state index contributed by atoms with van der Waals surface area (Å²) in [5.74, 6) is -0.0489. The molecule has 3 rings (SSSR count). The van der Waals surface area contributed by atoms with Crippen LogP contribution in [0.5, 0.6) is 0 Å². The Kier molecular flexibility index (Phi) is 3.64. The molecule has 0 unspecified atom stereocenters. The Bertz CT molecular complexity index is 658. The summed E-state index contributed by atoms with van der Waals surface area (Å²) in [5.41, 5.74) is 4.16. The first-order chi connectivity index (χ1) is 10.1. The second kappa shape index (κ2) is 5.60. The van der Waals surface area contributed by atoms with Crippen molar-refractivity contribution in [2.75, 3.05) is 10.6 Å². The number of aryl methyl sites for hydroxylation is 1. The Hall–Kier alpha value is -2.30. The number of benzene rings is 1. The van der Waals surface area contributed by atoms with Crippen LogP contribution in [-0.2, 0) is 11.3 Å². The first kappa shape index (κ1) is 13.7. The molecule has 1 aliphatic rings. The second-order valence-corrected chi connectivity index (χ2v) is 5.59. The molecule has 0 bridgehead atoms. The van der Waals surface area contributed by atoms with Crippen LogP contribution < -0.4 is 10.6 Å². The molecule has 5 heteroatoms. The number of amides is 1. The maximum atomic E-state index is 11.1. The van der Waals surface area contributed by atoms with Gasteiger partial charge in [-0.2, -0.15) is 0 Å². The number of carbonyl (C=O) groups is 1. The summed E-state index contributed by atoms with van der Waals surface area (Å²) in [5, 5.41) is 6.24. The molecule has 1 amide bonds. The van der Waals surface area contributed by atoms with E-state index in [-0.39, 0.29) is 5.91 Å². The third kappa shape index (κ3) is 3.24. The van der Waals surface area contributed by atoms with Crippen LogP contribution in [0.4, 0.5) is 11.4 Å². The van der Waals surface area contributed by atoms with Crippen molar-refractivity contribution in [2.45, 2.75) is 39.3 Å². The molecule has 0 radical (unpaired) electrons. The van der Waals surface area contributed by atoms with E-state index in [4.69, 9.17) is 0 Å². The van der Waals surface area contributed by atoms with Crippen LogP contribution in [0.25, 0.3) is 0 Å². The van der Waals surface area contributed by atoms with Crippen molar-refractivity contribution in [1.29, 1.82) is 0 Å². The predicted octanol–water partition coefficient (Wildman–Crippen LogP) is 3.10. The van der Waals surface area contributed by atoms with Crippen LogP contribution in [0.2, 0.25) is 0 Å². The van der Waals surface area contributed by atoms with Crippen molar-refractivity contribution < 1.29 is 4.79 Å². The molecule has 1 aromatic carbocycles. The Balaban J connectivity index is 1.66. The first-order valence-corrected chi connectivity index (χ1v) is 7.26. The molecule has 1 fully saturated rings. The molecule has 1 heterocycles. The smallest absolute Gasteiger partial charge is 0.221 e. The third-order valence-electron chi connectivity index (χ3n) is 3.70. The average molecular weight is 284 g/mol. The molecule has 0 saturated heterocycles. The number of nitrogens with zero attached hydrogens (tertiary/aromatic N) is 2. The monoisotopic (exact) mass is 284 g/mol. The fourth-order valence-corrected chi connectivity index (χ4v) is 2.45. The number of hydrogen-bond donors (Lipinski definition) is 2. The number of hydrogen-bond acceptors (Lipinski definition) is 3. The summed E-state index contributed by atoms with van der Waals surface area (Å²) in [6, 6.07) is 6.60. The molecule has 1 aliphatic carbocycles. The third-order valence-corrected chi connectivity index (χ3v) is 3.70. The molecule has 5 nitrogen and oxygen atoms in total. The van der Waals surface area contributed by atoms with Gasteiger partial charge in [0.15, 0.2) is 0 Å². The van der Waals surface area contributed by atoms with Crippen LogP contribution in [0.15, 0.2) is 30.7 Å². The fraction of sp³-hybridized carbons (Fsp3) is 0.375. The lowest BCUT2D eigenvalue weighted by Gasteiger charge is -2.12. The van der Waals surface area contributed by atoms with Crippen LogP contribution in [0, 0.1) is 6.92 Å². The molecule has 1 aromatic heterocycles. The fourth-order valence-electron chi connectivity index (χ4n) is 2.45. The Labute approximate surface area is 124 Å². The largest absolute Gasteiger partial charge is 0.379 e. The van der Waals surface area contributed by atoms with E-state index >= 15 is 0 Å². The van der Waals surface area contributed by atoms with Crippen LogP contribution in [-0.4, -0.2) is 15.5 Å². The number of anilines is 2. The number of aromatic nitrogens is 2. The standard InChI is InChI=1S/C16H20N4O/c1-11-7-13(3-6-16(11)19-12(2)21)18-9-15-8-17-10-20(15)14-4-5-14/h3,6-8,10,14,18H,4-5,9H2,1-2H3,(H,19,21). The van der Waals surface area contributed by atoms with Crippen LogP contribution in [0.1, 0.15) is 37.1 Å². The molecule has 2 N–H and O–H groups in total. The summed E-state index contributed by atoms with van der Waals surface area (Å²) >= 11 is 0.